The maximum absolute atomic E-state index is 12.6. The molecule has 132 valence electrons. The van der Waals surface area contributed by atoms with E-state index in [-0.39, 0.29) is 11.3 Å². The predicted octanol–water partition coefficient (Wildman–Crippen LogP) is 3.06. The number of hydrogen-bond donors (Lipinski definition) is 1. The number of nitrogens with zero attached hydrogens (tertiary/aromatic N) is 2. The van der Waals surface area contributed by atoms with Crippen LogP contribution in [-0.4, -0.2) is 40.8 Å². The molecule has 2 atom stereocenters. The standard InChI is InChI=1S/C18H27N3O2S/c1-4-10-21-14-6-5-8-18(14,9-7-15(21)22)11-19-17(23)16-12(2)20-13(3)24-16/h14H,4-11H2,1-3H3,(H,19,23)/t14-,18+/m1/s1. The third-order valence-electron chi connectivity index (χ3n) is 5.57. The van der Waals surface area contributed by atoms with Gasteiger partial charge in [0.2, 0.25) is 5.91 Å². The lowest BCUT2D eigenvalue weighted by Crippen LogP contribution is -2.56. The molecule has 0 aromatic carbocycles. The summed E-state index contributed by atoms with van der Waals surface area (Å²) >= 11 is 1.45. The van der Waals surface area contributed by atoms with Gasteiger partial charge in [-0.3, -0.25) is 9.59 Å². The average molecular weight is 350 g/mol. The molecule has 1 N–H and O–H groups in total. The van der Waals surface area contributed by atoms with E-state index >= 15 is 0 Å². The van der Waals surface area contributed by atoms with Crippen molar-refractivity contribution in [1.82, 2.24) is 15.2 Å². The van der Waals surface area contributed by atoms with Crippen LogP contribution < -0.4 is 5.32 Å². The van der Waals surface area contributed by atoms with Crippen molar-refractivity contribution >= 4 is 23.2 Å². The number of piperidine rings is 1. The minimum atomic E-state index is -0.0166. The monoisotopic (exact) mass is 349 g/mol. The van der Waals surface area contributed by atoms with Crippen LogP contribution in [0.3, 0.4) is 0 Å². The lowest BCUT2D eigenvalue weighted by atomic mass is 9.74. The van der Waals surface area contributed by atoms with Gasteiger partial charge in [0.15, 0.2) is 0 Å². The Morgan fingerprint density at radius 1 is 1.42 bits per heavy atom. The summed E-state index contributed by atoms with van der Waals surface area (Å²) in [5.41, 5.74) is 0.869. The summed E-state index contributed by atoms with van der Waals surface area (Å²) in [6.45, 7) is 7.44. The Morgan fingerprint density at radius 3 is 2.88 bits per heavy atom. The number of nitrogens with one attached hydrogen (secondary N) is 1. The highest BCUT2D eigenvalue weighted by Crippen LogP contribution is 2.47. The normalized spacial score (nSPS) is 26.5. The zero-order chi connectivity index (χ0) is 17.3. The third kappa shape index (κ3) is 3.08. The van der Waals surface area contributed by atoms with Crippen LogP contribution >= 0.6 is 11.3 Å². The lowest BCUT2D eigenvalue weighted by molar-refractivity contribution is -0.141. The van der Waals surface area contributed by atoms with Gasteiger partial charge < -0.3 is 10.2 Å². The first-order chi connectivity index (χ1) is 11.5. The largest absolute Gasteiger partial charge is 0.351 e. The molecule has 0 unspecified atom stereocenters. The fourth-order valence-electron chi connectivity index (χ4n) is 4.47. The molecule has 6 heteroatoms. The second kappa shape index (κ2) is 6.82. The summed E-state index contributed by atoms with van der Waals surface area (Å²) in [6.07, 6.45) is 5.83. The summed E-state index contributed by atoms with van der Waals surface area (Å²) in [7, 11) is 0. The third-order valence-corrected chi connectivity index (χ3v) is 6.64. The summed E-state index contributed by atoms with van der Waals surface area (Å²) in [5, 5.41) is 4.08. The number of carbonyl (C=O) groups excluding carboxylic acids is 2. The van der Waals surface area contributed by atoms with Gasteiger partial charge >= 0.3 is 0 Å². The fourth-order valence-corrected chi connectivity index (χ4v) is 5.30. The molecule has 0 spiro atoms. The Kier molecular flexibility index (Phi) is 4.95. The van der Waals surface area contributed by atoms with Crippen LogP contribution in [0.5, 0.6) is 0 Å². The van der Waals surface area contributed by atoms with Gasteiger partial charge in [0.05, 0.1) is 10.7 Å². The summed E-state index contributed by atoms with van der Waals surface area (Å²) < 4.78 is 0. The Balaban J connectivity index is 1.72. The van der Waals surface area contributed by atoms with E-state index in [9.17, 15) is 9.59 Å². The van der Waals surface area contributed by atoms with E-state index in [1.807, 2.05) is 13.8 Å². The maximum Gasteiger partial charge on any atom is 0.263 e. The molecule has 1 aromatic heterocycles. The van der Waals surface area contributed by atoms with E-state index < -0.39 is 0 Å². The molecule has 5 nitrogen and oxygen atoms in total. The number of fused-ring (bicyclic) bond motifs is 1. The van der Waals surface area contributed by atoms with E-state index in [1.165, 1.54) is 11.3 Å². The number of rotatable bonds is 5. The van der Waals surface area contributed by atoms with E-state index in [2.05, 4.69) is 22.1 Å². The predicted molar refractivity (Wildman–Crippen MR) is 95.2 cm³/mol. The zero-order valence-electron chi connectivity index (χ0n) is 14.9. The molecule has 1 aliphatic carbocycles. The van der Waals surface area contributed by atoms with Crippen LogP contribution in [0.4, 0.5) is 0 Å². The molecule has 2 aliphatic rings. The second-order valence-electron chi connectivity index (χ2n) is 7.19. The van der Waals surface area contributed by atoms with Crippen molar-refractivity contribution in [3.05, 3.63) is 15.6 Å². The van der Waals surface area contributed by atoms with E-state index in [0.29, 0.717) is 24.9 Å². The van der Waals surface area contributed by atoms with Gasteiger partial charge in [-0.15, -0.1) is 11.3 Å². The van der Waals surface area contributed by atoms with Gasteiger partial charge in [-0.05, 0) is 39.5 Å². The van der Waals surface area contributed by atoms with Crippen LogP contribution in [0, 0.1) is 19.3 Å². The quantitative estimate of drug-likeness (QED) is 0.889. The number of carbonyl (C=O) groups is 2. The minimum Gasteiger partial charge on any atom is -0.351 e. The molecule has 2 amide bonds. The molecule has 2 fully saturated rings. The molecule has 1 aliphatic heterocycles. The number of aryl methyl sites for hydroxylation is 2. The zero-order valence-corrected chi connectivity index (χ0v) is 15.7. The highest BCUT2D eigenvalue weighted by Gasteiger charge is 2.49. The molecule has 0 radical (unpaired) electrons. The first kappa shape index (κ1) is 17.4. The average Bonchev–Trinajstić information content (AvgIpc) is 3.12. The molecule has 1 aromatic rings. The van der Waals surface area contributed by atoms with Crippen LogP contribution in [0.2, 0.25) is 0 Å². The van der Waals surface area contributed by atoms with Gasteiger partial charge in [-0.25, -0.2) is 4.98 Å². The number of hydrogen-bond acceptors (Lipinski definition) is 4. The smallest absolute Gasteiger partial charge is 0.263 e. The Bertz CT molecular complexity index is 642. The molecular weight excluding hydrogens is 322 g/mol. The van der Waals surface area contributed by atoms with Crippen molar-refractivity contribution in [2.75, 3.05) is 13.1 Å². The summed E-state index contributed by atoms with van der Waals surface area (Å²) in [5.74, 6) is 0.275. The van der Waals surface area contributed by atoms with E-state index in [1.54, 1.807) is 0 Å². The van der Waals surface area contributed by atoms with Gasteiger partial charge in [0, 0.05) is 31.0 Å². The number of likely N-dealkylation sites (tertiary alicyclic amines) is 1. The Labute approximate surface area is 147 Å². The summed E-state index contributed by atoms with van der Waals surface area (Å²) in [6, 6.07) is 0.295. The van der Waals surface area contributed by atoms with Crippen LogP contribution in [0.15, 0.2) is 0 Å². The molecule has 2 heterocycles. The van der Waals surface area contributed by atoms with E-state index in [0.717, 1.165) is 54.2 Å². The Hall–Kier alpha value is -1.43. The van der Waals surface area contributed by atoms with Crippen LogP contribution in [-0.2, 0) is 4.79 Å². The first-order valence-electron chi connectivity index (χ1n) is 8.98. The van der Waals surface area contributed by atoms with Crippen molar-refractivity contribution in [3.8, 4) is 0 Å². The molecule has 0 bridgehead atoms. The van der Waals surface area contributed by atoms with E-state index in [4.69, 9.17) is 0 Å². The van der Waals surface area contributed by atoms with Crippen molar-refractivity contribution in [1.29, 1.82) is 0 Å². The number of aromatic nitrogens is 1. The first-order valence-corrected chi connectivity index (χ1v) is 9.80. The summed E-state index contributed by atoms with van der Waals surface area (Å²) in [4.78, 5) is 32.0. The number of amides is 2. The molecular formula is C18H27N3O2S. The number of thiazole rings is 1. The molecule has 1 saturated heterocycles. The van der Waals surface area contributed by atoms with Crippen molar-refractivity contribution in [2.24, 2.45) is 5.41 Å². The van der Waals surface area contributed by atoms with Crippen molar-refractivity contribution < 1.29 is 9.59 Å². The topological polar surface area (TPSA) is 62.3 Å². The molecule has 24 heavy (non-hydrogen) atoms. The molecule has 1 saturated carbocycles. The minimum absolute atomic E-state index is 0.0166. The lowest BCUT2D eigenvalue weighted by Gasteiger charge is -2.46. The van der Waals surface area contributed by atoms with Gasteiger partial charge in [0.1, 0.15) is 4.88 Å². The van der Waals surface area contributed by atoms with Crippen molar-refractivity contribution in [2.45, 2.75) is 65.3 Å². The highest BCUT2D eigenvalue weighted by atomic mass is 32.1. The van der Waals surface area contributed by atoms with Crippen molar-refractivity contribution in [3.63, 3.8) is 0 Å². The van der Waals surface area contributed by atoms with Crippen LogP contribution in [0.1, 0.15) is 65.8 Å². The fraction of sp³-hybridized carbons (Fsp3) is 0.722. The molecule has 3 rings (SSSR count). The maximum atomic E-state index is 12.6. The van der Waals surface area contributed by atoms with Crippen LogP contribution in [0.25, 0.3) is 0 Å². The van der Waals surface area contributed by atoms with Gasteiger partial charge in [-0.1, -0.05) is 13.3 Å². The second-order valence-corrected chi connectivity index (χ2v) is 8.39. The SMILES string of the molecule is CCCN1C(=O)CC[C@]2(CNC(=O)c3sc(C)nc3C)CCC[C@@H]12. The highest BCUT2D eigenvalue weighted by molar-refractivity contribution is 7.13. The van der Waals surface area contributed by atoms with Gasteiger partial charge in [-0.2, -0.15) is 0 Å². The Morgan fingerprint density at radius 2 is 2.21 bits per heavy atom. The van der Waals surface area contributed by atoms with Gasteiger partial charge in [0.25, 0.3) is 5.91 Å².